The van der Waals surface area contributed by atoms with Crippen LogP contribution in [-0.4, -0.2) is 92.0 Å². The summed E-state index contributed by atoms with van der Waals surface area (Å²) < 4.78 is 9.13. The molecule has 0 bridgehead atoms. The average molecular weight is 538 g/mol. The fourth-order valence-electron chi connectivity index (χ4n) is 6.13. The fraction of sp³-hybridized carbons (Fsp3) is 0.464. The SMILES string of the molecule is CCNc1nc(Nc2ccc3c(c2)c(C#N)cn3C2CCN(C3CN(C4COC4)C3)CC2)nn2c(C#N)cnc12. The Balaban J connectivity index is 1.09. The van der Waals surface area contributed by atoms with Crippen LogP contribution in [0.4, 0.5) is 17.5 Å². The average Bonchev–Trinajstić information content (AvgIpc) is 3.51. The van der Waals surface area contributed by atoms with Gasteiger partial charge in [0.2, 0.25) is 5.95 Å². The Morgan fingerprint density at radius 2 is 1.88 bits per heavy atom. The zero-order valence-electron chi connectivity index (χ0n) is 22.4. The van der Waals surface area contributed by atoms with Crippen LogP contribution in [0.2, 0.25) is 0 Å². The molecule has 3 fully saturated rings. The lowest BCUT2D eigenvalue weighted by Crippen LogP contribution is -2.66. The third-order valence-corrected chi connectivity index (χ3v) is 8.47. The van der Waals surface area contributed by atoms with Crippen molar-refractivity contribution in [1.82, 2.24) is 33.9 Å². The monoisotopic (exact) mass is 537 g/mol. The normalized spacial score (nSPS) is 19.3. The van der Waals surface area contributed by atoms with Crippen molar-refractivity contribution in [2.75, 3.05) is 56.6 Å². The van der Waals surface area contributed by atoms with Crippen LogP contribution >= 0.6 is 0 Å². The Kier molecular flexibility index (Phi) is 6.24. The summed E-state index contributed by atoms with van der Waals surface area (Å²) in [6.45, 7) is 8.88. The topological polar surface area (TPSA) is 135 Å². The fourth-order valence-corrected chi connectivity index (χ4v) is 6.13. The minimum absolute atomic E-state index is 0.326. The number of anilines is 3. The lowest BCUT2D eigenvalue weighted by molar-refractivity contribution is -0.112. The molecule has 3 aliphatic rings. The van der Waals surface area contributed by atoms with Crippen molar-refractivity contribution in [3.63, 3.8) is 0 Å². The number of nitrogens with zero attached hydrogens (tertiary/aromatic N) is 9. The van der Waals surface area contributed by atoms with Gasteiger partial charge >= 0.3 is 0 Å². The second-order valence-corrected chi connectivity index (χ2v) is 10.8. The third-order valence-electron chi connectivity index (χ3n) is 8.47. The van der Waals surface area contributed by atoms with Gasteiger partial charge in [-0.3, -0.25) is 9.80 Å². The Labute approximate surface area is 231 Å². The standard InChI is InChI=1S/C28H31N11O/c1-2-31-26-27-32-12-21(11-30)39(27)35-28(34-26)33-19-3-4-25-24(9-19)18(10-29)13-38(25)20-5-7-36(8-6-20)22-14-37(15-22)23-16-40-17-23/h3-4,9,12-13,20,22-23H,2,5-8,14-17H2,1H3,(H2,31,33,34,35). The maximum Gasteiger partial charge on any atom is 0.247 e. The lowest BCUT2D eigenvalue weighted by Gasteiger charge is -2.52. The van der Waals surface area contributed by atoms with Crippen LogP contribution in [0.3, 0.4) is 0 Å². The van der Waals surface area contributed by atoms with E-state index in [9.17, 15) is 10.5 Å². The van der Waals surface area contributed by atoms with Crippen molar-refractivity contribution in [2.24, 2.45) is 0 Å². The van der Waals surface area contributed by atoms with Crippen molar-refractivity contribution in [2.45, 2.75) is 37.9 Å². The highest BCUT2D eigenvalue weighted by molar-refractivity contribution is 5.90. The molecule has 3 saturated heterocycles. The maximum atomic E-state index is 9.95. The molecule has 3 aromatic heterocycles. The van der Waals surface area contributed by atoms with Crippen molar-refractivity contribution in [1.29, 1.82) is 10.5 Å². The molecule has 0 spiro atoms. The van der Waals surface area contributed by atoms with Gasteiger partial charge in [0.15, 0.2) is 17.2 Å². The Bertz CT molecular complexity index is 1640. The molecule has 12 heteroatoms. The van der Waals surface area contributed by atoms with Crippen LogP contribution in [0.15, 0.2) is 30.6 Å². The van der Waals surface area contributed by atoms with Gasteiger partial charge in [0.25, 0.3) is 0 Å². The van der Waals surface area contributed by atoms with E-state index < -0.39 is 0 Å². The highest BCUT2D eigenvalue weighted by Crippen LogP contribution is 2.34. The summed E-state index contributed by atoms with van der Waals surface area (Å²) in [7, 11) is 0. The molecule has 6 heterocycles. The van der Waals surface area contributed by atoms with Crippen LogP contribution in [0.1, 0.15) is 37.1 Å². The molecule has 0 atom stereocenters. The molecule has 0 saturated carbocycles. The van der Waals surface area contributed by atoms with Crippen LogP contribution in [-0.2, 0) is 4.74 Å². The minimum atomic E-state index is 0.326. The molecular formula is C28H31N11O. The number of rotatable bonds is 7. The highest BCUT2D eigenvalue weighted by atomic mass is 16.5. The first-order valence-electron chi connectivity index (χ1n) is 13.9. The zero-order chi connectivity index (χ0) is 27.2. The summed E-state index contributed by atoms with van der Waals surface area (Å²) in [5, 5.41) is 31.2. The van der Waals surface area contributed by atoms with E-state index in [1.165, 1.54) is 10.7 Å². The van der Waals surface area contributed by atoms with E-state index in [-0.39, 0.29) is 0 Å². The number of nitriles is 2. The van der Waals surface area contributed by atoms with E-state index in [1.54, 1.807) is 0 Å². The van der Waals surface area contributed by atoms with Gasteiger partial charge in [0, 0.05) is 67.6 Å². The second kappa shape index (κ2) is 10.1. The largest absolute Gasteiger partial charge is 0.378 e. The number of fused-ring (bicyclic) bond motifs is 2. The number of piperidine rings is 1. The van der Waals surface area contributed by atoms with E-state index in [2.05, 4.69) is 58.3 Å². The van der Waals surface area contributed by atoms with E-state index >= 15 is 0 Å². The summed E-state index contributed by atoms with van der Waals surface area (Å²) in [5.74, 6) is 0.881. The van der Waals surface area contributed by atoms with Gasteiger partial charge in [-0.1, -0.05) is 0 Å². The summed E-state index contributed by atoms with van der Waals surface area (Å²) in [6, 6.07) is 12.2. The molecule has 2 N–H and O–H groups in total. The van der Waals surface area contributed by atoms with Gasteiger partial charge in [0.1, 0.15) is 12.1 Å². The number of nitrogens with one attached hydrogen (secondary N) is 2. The van der Waals surface area contributed by atoms with Gasteiger partial charge in [-0.25, -0.2) is 4.98 Å². The van der Waals surface area contributed by atoms with E-state index in [0.717, 1.165) is 68.8 Å². The number of likely N-dealkylation sites (tertiary alicyclic amines) is 2. The number of imidazole rings is 1. The first kappa shape index (κ1) is 24.8. The first-order valence-corrected chi connectivity index (χ1v) is 13.9. The molecule has 0 amide bonds. The van der Waals surface area contributed by atoms with Gasteiger partial charge in [0.05, 0.1) is 31.0 Å². The predicted octanol–water partition coefficient (Wildman–Crippen LogP) is 2.72. The third kappa shape index (κ3) is 4.21. The molecule has 40 heavy (non-hydrogen) atoms. The van der Waals surface area contributed by atoms with Crippen molar-refractivity contribution in [3.8, 4) is 12.1 Å². The molecule has 7 rings (SSSR count). The molecule has 204 valence electrons. The van der Waals surface area contributed by atoms with E-state index in [0.29, 0.717) is 53.3 Å². The lowest BCUT2D eigenvalue weighted by atomic mass is 9.97. The van der Waals surface area contributed by atoms with Gasteiger partial charge in [-0.05, 0) is 38.0 Å². The molecule has 4 aromatic rings. The summed E-state index contributed by atoms with van der Waals surface area (Å²) in [5.41, 5.74) is 3.31. The number of aromatic nitrogens is 5. The number of hydrogen-bond acceptors (Lipinski definition) is 10. The van der Waals surface area contributed by atoms with Crippen LogP contribution in [0.5, 0.6) is 0 Å². The number of ether oxygens (including phenoxy) is 1. The van der Waals surface area contributed by atoms with Crippen molar-refractivity contribution < 1.29 is 4.74 Å². The number of benzene rings is 1. The quantitative estimate of drug-likeness (QED) is 0.362. The highest BCUT2D eigenvalue weighted by Gasteiger charge is 2.39. The molecule has 3 aliphatic heterocycles. The van der Waals surface area contributed by atoms with Crippen LogP contribution in [0.25, 0.3) is 16.6 Å². The molecule has 1 aromatic carbocycles. The summed E-state index contributed by atoms with van der Waals surface area (Å²) in [6.07, 6.45) is 5.64. The smallest absolute Gasteiger partial charge is 0.247 e. The van der Waals surface area contributed by atoms with Gasteiger partial charge in [-0.2, -0.15) is 20.0 Å². The second-order valence-electron chi connectivity index (χ2n) is 10.8. The Hall–Kier alpha value is -4.23. The Morgan fingerprint density at radius 3 is 2.58 bits per heavy atom. The molecule has 0 unspecified atom stereocenters. The Morgan fingerprint density at radius 1 is 1.05 bits per heavy atom. The van der Waals surface area contributed by atoms with Crippen molar-refractivity contribution >= 4 is 34.0 Å². The molecule has 0 radical (unpaired) electrons. The van der Waals surface area contributed by atoms with Gasteiger partial charge < -0.3 is 19.9 Å². The van der Waals surface area contributed by atoms with Gasteiger partial charge in [-0.15, -0.1) is 5.10 Å². The predicted molar refractivity (Wildman–Crippen MR) is 149 cm³/mol. The molecule has 12 nitrogen and oxygen atoms in total. The summed E-state index contributed by atoms with van der Waals surface area (Å²) in [4.78, 5) is 14.1. The molecular weight excluding hydrogens is 506 g/mol. The summed E-state index contributed by atoms with van der Waals surface area (Å²) >= 11 is 0. The minimum Gasteiger partial charge on any atom is -0.378 e. The van der Waals surface area contributed by atoms with Crippen LogP contribution < -0.4 is 10.6 Å². The van der Waals surface area contributed by atoms with E-state index in [1.807, 2.05) is 25.3 Å². The maximum absolute atomic E-state index is 9.95. The van der Waals surface area contributed by atoms with E-state index in [4.69, 9.17) is 4.74 Å². The van der Waals surface area contributed by atoms with Crippen LogP contribution in [0, 0.1) is 22.7 Å². The first-order chi connectivity index (χ1) is 19.6. The number of hydrogen-bond donors (Lipinski definition) is 2. The molecule has 0 aliphatic carbocycles. The van der Waals surface area contributed by atoms with Crippen molar-refractivity contribution in [3.05, 3.63) is 41.9 Å². The zero-order valence-corrected chi connectivity index (χ0v) is 22.4.